The number of H-pyrrole nitrogens is 2. The van der Waals surface area contributed by atoms with Gasteiger partial charge in [-0.3, -0.25) is 9.59 Å². The van der Waals surface area contributed by atoms with Gasteiger partial charge in [0.15, 0.2) is 29.5 Å². The summed E-state index contributed by atoms with van der Waals surface area (Å²) in [4.78, 5) is 60.3. The van der Waals surface area contributed by atoms with Crippen LogP contribution < -0.4 is 17.2 Å². The van der Waals surface area contributed by atoms with Crippen molar-refractivity contribution in [3.8, 4) is 0 Å². The molecule has 1 unspecified atom stereocenters. The first-order chi connectivity index (χ1) is 50.8. The summed E-state index contributed by atoms with van der Waals surface area (Å²) in [5.41, 5.74) is 22.1. The second-order valence-corrected chi connectivity index (χ2v) is 31.0. The number of aliphatic hydroxyl groups is 1. The molecule has 107 heavy (non-hydrogen) atoms. The van der Waals surface area contributed by atoms with Gasteiger partial charge in [0.1, 0.15) is 34.9 Å². The predicted molar refractivity (Wildman–Crippen MR) is 422 cm³/mol. The van der Waals surface area contributed by atoms with E-state index in [1.54, 1.807) is 140 Å². The fraction of sp³-hybridized carbons (Fsp3) is 0.0411. The number of fused-ring (bicyclic) bond motifs is 5. The molecule has 0 amide bonds. The third-order valence-corrected chi connectivity index (χ3v) is 21.8. The van der Waals surface area contributed by atoms with E-state index in [1.165, 1.54) is 77.7 Å². The van der Waals surface area contributed by atoms with Crippen LogP contribution in [0, 0.1) is 0 Å². The first-order valence-electron chi connectivity index (χ1n) is 30.8. The van der Waals surface area contributed by atoms with Gasteiger partial charge in [-0.25, -0.2) is 77.0 Å². The molecular weight excluding hydrogens is 1600 g/mol. The number of nitrogens with one attached hydrogen (secondary N) is 2. The fourth-order valence-electron chi connectivity index (χ4n) is 10.3. The zero-order chi connectivity index (χ0) is 75.5. The van der Waals surface area contributed by atoms with E-state index in [1.807, 2.05) is 30.5 Å². The lowest BCUT2D eigenvalue weighted by Crippen LogP contribution is -2.12. The van der Waals surface area contributed by atoms with Crippen molar-refractivity contribution in [3.63, 3.8) is 0 Å². The number of rotatable bonds is 12. The molecule has 1 atom stereocenters. The van der Waals surface area contributed by atoms with Crippen LogP contribution >= 0.6 is 73.9 Å². The molecule has 25 nitrogen and oxygen atoms in total. The van der Waals surface area contributed by atoms with Crippen molar-refractivity contribution < 1.29 is 39.9 Å². The van der Waals surface area contributed by atoms with Crippen LogP contribution in [0.1, 0.15) is 56.5 Å². The maximum atomic E-state index is 13.1. The fourth-order valence-corrected chi connectivity index (χ4v) is 15.4. The summed E-state index contributed by atoms with van der Waals surface area (Å²) in [6.07, 6.45) is 20.4. The number of nitrogen functional groups attached to an aromatic ring is 3. The number of halogens is 6. The van der Waals surface area contributed by atoms with Crippen LogP contribution in [0.4, 0.5) is 17.5 Å². The van der Waals surface area contributed by atoms with Crippen molar-refractivity contribution in [2.24, 2.45) is 0 Å². The molecule has 0 aliphatic heterocycles. The third-order valence-electron chi connectivity index (χ3n) is 15.3. The number of hydrogen-bond donors (Lipinski definition) is 6. The number of hydrogen-bond acceptors (Lipinski definition) is 20. The molecule has 0 fully saturated rings. The van der Waals surface area contributed by atoms with Crippen LogP contribution in [-0.2, 0) is 36.5 Å². The van der Waals surface area contributed by atoms with E-state index in [2.05, 4.69) is 65.8 Å². The van der Waals surface area contributed by atoms with Crippen LogP contribution in [0.3, 0.4) is 0 Å². The number of anilines is 3. The van der Waals surface area contributed by atoms with E-state index in [9.17, 15) is 39.9 Å². The second kappa shape index (κ2) is 34.5. The van der Waals surface area contributed by atoms with E-state index in [0.717, 1.165) is 46.3 Å². The Labute approximate surface area is 645 Å². The summed E-state index contributed by atoms with van der Waals surface area (Å²) in [5.74, 6) is 1.29. The lowest BCUT2D eigenvalue weighted by molar-refractivity contribution is 0.111. The zero-order valence-electron chi connectivity index (χ0n) is 54.4. The van der Waals surface area contributed by atoms with Gasteiger partial charge < -0.3 is 32.3 Å². The Kier molecular flexibility index (Phi) is 25.4. The highest BCUT2D eigenvalue weighted by Gasteiger charge is 2.27. The minimum Gasteiger partial charge on any atom is -0.384 e. The summed E-state index contributed by atoms with van der Waals surface area (Å²) in [6.45, 7) is 0. The van der Waals surface area contributed by atoms with Crippen molar-refractivity contribution in [1.82, 2.24) is 61.8 Å². The molecule has 0 aliphatic rings. The van der Waals surface area contributed by atoms with E-state index >= 15 is 0 Å². The molecular formula is C73H58BrCl5N16O9S3. The molecule has 0 bridgehead atoms. The van der Waals surface area contributed by atoms with E-state index in [-0.39, 0.29) is 39.0 Å². The Balaban J connectivity index is 0.000000144. The Bertz CT molecular complexity index is 6170. The zero-order valence-corrected chi connectivity index (χ0v) is 62.2. The predicted octanol–water partition coefficient (Wildman–Crippen LogP) is 15.5. The maximum absolute atomic E-state index is 13.1. The highest BCUT2D eigenvalue weighted by Crippen LogP contribution is 2.35. The quantitative estimate of drug-likeness (QED) is 0.0619. The van der Waals surface area contributed by atoms with Crippen molar-refractivity contribution >= 4 is 189 Å². The highest BCUT2D eigenvalue weighted by atomic mass is 79.9. The van der Waals surface area contributed by atoms with Crippen LogP contribution in [0.25, 0.3) is 55.2 Å². The Morgan fingerprint density at radius 1 is 0.449 bits per heavy atom. The number of pyridine rings is 8. The van der Waals surface area contributed by atoms with Gasteiger partial charge in [0.25, 0.3) is 30.1 Å². The van der Waals surface area contributed by atoms with Crippen LogP contribution in [-0.4, -0.2) is 105 Å². The molecule has 16 rings (SSSR count). The van der Waals surface area contributed by atoms with Gasteiger partial charge in [0.05, 0.1) is 39.8 Å². The normalized spacial score (nSPS) is 11.5. The molecule has 0 spiro atoms. The topological polar surface area (TPSA) is 384 Å². The number of aromatic nitrogens is 13. The minimum absolute atomic E-state index is 0. The van der Waals surface area contributed by atoms with Crippen molar-refractivity contribution in [2.75, 3.05) is 17.2 Å². The van der Waals surface area contributed by atoms with Gasteiger partial charge in [-0.15, -0.1) is 0 Å². The second-order valence-electron chi connectivity index (χ2n) is 22.4. The third kappa shape index (κ3) is 18.5. The van der Waals surface area contributed by atoms with E-state index < -0.39 is 36.2 Å². The van der Waals surface area contributed by atoms with Crippen molar-refractivity contribution in [3.05, 3.63) is 307 Å². The molecule has 3 aromatic carbocycles. The highest BCUT2D eigenvalue weighted by molar-refractivity contribution is 9.10. The van der Waals surface area contributed by atoms with Gasteiger partial charge in [0.2, 0.25) is 0 Å². The maximum Gasteiger partial charge on any atom is 0.269 e. The number of aldehydes is 2. The summed E-state index contributed by atoms with van der Waals surface area (Å²) < 4.78 is 81.9. The summed E-state index contributed by atoms with van der Waals surface area (Å²) in [7, 11) is -11.5. The van der Waals surface area contributed by atoms with E-state index in [4.69, 9.17) is 75.2 Å². The number of aliphatic hydroxyl groups excluding tert-OH is 1. The van der Waals surface area contributed by atoms with Crippen LogP contribution in [0.15, 0.2) is 264 Å². The molecule has 544 valence electrons. The van der Waals surface area contributed by atoms with Gasteiger partial charge >= 0.3 is 0 Å². The standard InChI is InChI=1S/C19H15ClN4O3S.C19H15ClN4O2S.C14H9ClN2O3S.C8H5ClN2O.C7H5ClN2.C5H5BrN2.CH4/c20-13-8-15-16(18(25)12-6-7-17(21)22-9-12)11-24(19(15)23-10-13)28(26,27)14-4-2-1-3-5-14;20-15-9-17-14(8-13-6-7-18(21)22-10-13)12-24(19(17)23-11-15)27(25,26)16-4-2-1-3-5-16;15-11-6-13-10(9-18)8-17(14(13)16-7-11)21(19,20)12-4-2-1-3-5-12;9-6-1-7-5(4-12)2-10-8(7)11-3-6;8-6-3-5-1-2-9-7(5)10-4-6;6-4-1-2-5(7)8-3-4;/h1-11,18,25H,(H2,21,22);1-7,9-12H,8H2,(H2,21,22);1-9H;1-4H,(H,10,11);1-4H,(H,9,10);1-3H,(H2,7,8);1H4. The first-order valence-corrected chi connectivity index (χ1v) is 37.8. The molecule has 13 aromatic heterocycles. The Hall–Kier alpha value is -11.0. The van der Waals surface area contributed by atoms with Gasteiger partial charge in [0, 0.05) is 141 Å². The monoisotopic (exact) mass is 1650 g/mol. The van der Waals surface area contributed by atoms with Gasteiger partial charge in [-0.2, -0.15) is 0 Å². The van der Waals surface area contributed by atoms with Gasteiger partial charge in [-0.05, 0) is 124 Å². The van der Waals surface area contributed by atoms with Crippen molar-refractivity contribution in [1.29, 1.82) is 0 Å². The Morgan fingerprint density at radius 2 is 0.888 bits per heavy atom. The summed E-state index contributed by atoms with van der Waals surface area (Å²) in [5, 5.41) is 16.5. The lowest BCUT2D eigenvalue weighted by Gasteiger charge is -2.10. The number of carbonyl (C=O) groups is 2. The SMILES string of the molecule is C.Clc1cnc2[nH]ccc2c1.Nc1ccc(Br)cn1.Nc1ccc(C(O)c2cn(S(=O)(=O)c3ccccc3)c3ncc(Cl)cc23)cn1.Nc1ccc(Cc2cn(S(=O)(=O)c3ccccc3)c3ncc(Cl)cc23)cn1.O=Cc1c[nH]c2ncc(Cl)cc12.O=Cc1cn(S(=O)(=O)c2ccccc2)c2ncc(Cl)cc12. The first kappa shape index (κ1) is 78.6. The molecule has 16 aromatic rings. The molecule has 0 radical (unpaired) electrons. The number of nitrogens with zero attached hydrogens (tertiary/aromatic N) is 11. The molecule has 0 saturated heterocycles. The lowest BCUT2D eigenvalue weighted by atomic mass is 10.0. The average molecular weight is 1660 g/mol. The number of nitrogens with two attached hydrogens (primary N) is 3. The van der Waals surface area contributed by atoms with Crippen LogP contribution in [0.2, 0.25) is 25.1 Å². The smallest absolute Gasteiger partial charge is 0.269 e. The summed E-state index contributed by atoms with van der Waals surface area (Å²) in [6, 6.07) is 44.9. The molecule has 13 heterocycles. The number of benzene rings is 3. The van der Waals surface area contributed by atoms with Crippen molar-refractivity contribution in [2.45, 2.75) is 34.6 Å². The summed E-state index contributed by atoms with van der Waals surface area (Å²) >= 11 is 32.7. The van der Waals surface area contributed by atoms with Crippen LogP contribution in [0.5, 0.6) is 0 Å². The number of carbonyl (C=O) groups excluding carboxylic acids is 2. The van der Waals surface area contributed by atoms with Gasteiger partial charge in [-0.1, -0.05) is 132 Å². The minimum atomic E-state index is -3.92. The largest absolute Gasteiger partial charge is 0.384 e. The molecule has 0 aliphatic carbocycles. The average Bonchev–Trinajstić information content (AvgIpc) is 1.70. The molecule has 34 heteroatoms. The molecule has 0 saturated carbocycles. The number of aromatic amines is 2. The Morgan fingerprint density at radius 3 is 1.38 bits per heavy atom. The van der Waals surface area contributed by atoms with E-state index in [0.29, 0.717) is 99.4 Å². The molecule has 9 N–H and O–H groups in total.